The van der Waals surface area contributed by atoms with E-state index in [1.165, 1.54) is 0 Å². The van der Waals surface area contributed by atoms with Crippen LogP contribution in [0.3, 0.4) is 0 Å². The fraction of sp³-hybridized carbons (Fsp3) is 0.188. The molecule has 0 aliphatic rings. The Labute approximate surface area is 126 Å². The third kappa shape index (κ3) is 3.75. The minimum absolute atomic E-state index is 0.590. The highest BCUT2D eigenvalue weighted by atomic mass is 79.9. The van der Waals surface area contributed by atoms with Crippen molar-refractivity contribution in [2.24, 2.45) is 0 Å². The first-order chi connectivity index (χ1) is 9.72. The summed E-state index contributed by atoms with van der Waals surface area (Å²) in [5.74, 6) is 2.23. The molecule has 0 aliphatic carbocycles. The van der Waals surface area contributed by atoms with Crippen molar-refractivity contribution in [3.8, 4) is 23.3 Å². The zero-order chi connectivity index (χ0) is 14.4. The quantitative estimate of drug-likeness (QED) is 0.782. The molecule has 0 unspecified atom stereocenters. The molecule has 0 N–H and O–H groups in total. The van der Waals surface area contributed by atoms with Crippen LogP contribution >= 0.6 is 15.9 Å². The molecule has 3 nitrogen and oxygen atoms in total. The SMILES string of the molecule is CCCOc1ccc(Oc2ccc(C#N)cc2Br)cc1. The van der Waals surface area contributed by atoms with E-state index >= 15 is 0 Å². The summed E-state index contributed by atoms with van der Waals surface area (Å²) in [5, 5.41) is 8.82. The van der Waals surface area contributed by atoms with Crippen molar-refractivity contribution in [2.45, 2.75) is 13.3 Å². The van der Waals surface area contributed by atoms with Gasteiger partial charge >= 0.3 is 0 Å². The molecule has 2 rings (SSSR count). The van der Waals surface area contributed by atoms with Gasteiger partial charge in [-0.25, -0.2) is 0 Å². The molecule has 0 spiro atoms. The molecule has 0 heterocycles. The molecule has 2 aromatic rings. The van der Waals surface area contributed by atoms with Gasteiger partial charge in [0.25, 0.3) is 0 Å². The Morgan fingerprint density at radius 1 is 1.10 bits per heavy atom. The van der Waals surface area contributed by atoms with Gasteiger partial charge in [-0.05, 0) is 64.8 Å². The molecule has 0 radical (unpaired) electrons. The Balaban J connectivity index is 2.08. The van der Waals surface area contributed by atoms with Gasteiger partial charge in [-0.1, -0.05) is 6.92 Å². The van der Waals surface area contributed by atoms with E-state index in [4.69, 9.17) is 14.7 Å². The smallest absolute Gasteiger partial charge is 0.141 e. The van der Waals surface area contributed by atoms with Gasteiger partial charge in [-0.3, -0.25) is 0 Å². The van der Waals surface area contributed by atoms with Crippen LogP contribution in [0.2, 0.25) is 0 Å². The van der Waals surface area contributed by atoms with Gasteiger partial charge in [-0.15, -0.1) is 0 Å². The van der Waals surface area contributed by atoms with Gasteiger partial charge < -0.3 is 9.47 Å². The summed E-state index contributed by atoms with van der Waals surface area (Å²) in [6.07, 6.45) is 0.983. The molecule has 0 fully saturated rings. The predicted molar refractivity (Wildman–Crippen MR) is 81.2 cm³/mol. The van der Waals surface area contributed by atoms with Crippen LogP contribution in [0.15, 0.2) is 46.9 Å². The summed E-state index contributed by atoms with van der Waals surface area (Å²) in [6, 6.07) is 14.8. The summed E-state index contributed by atoms with van der Waals surface area (Å²) >= 11 is 3.39. The molecule has 0 atom stereocenters. The second-order valence-electron chi connectivity index (χ2n) is 4.18. The molecule has 0 aromatic heterocycles. The van der Waals surface area contributed by atoms with Crippen LogP contribution in [0, 0.1) is 11.3 Å². The number of nitriles is 1. The van der Waals surface area contributed by atoms with Crippen molar-refractivity contribution < 1.29 is 9.47 Å². The first-order valence-corrected chi connectivity index (χ1v) is 7.12. The topological polar surface area (TPSA) is 42.2 Å². The van der Waals surface area contributed by atoms with E-state index in [0.29, 0.717) is 17.9 Å². The Morgan fingerprint density at radius 2 is 1.80 bits per heavy atom. The highest BCUT2D eigenvalue weighted by Crippen LogP contribution is 2.31. The van der Waals surface area contributed by atoms with Crippen molar-refractivity contribution in [3.63, 3.8) is 0 Å². The number of nitrogens with zero attached hydrogens (tertiary/aromatic N) is 1. The van der Waals surface area contributed by atoms with Crippen molar-refractivity contribution in [1.82, 2.24) is 0 Å². The lowest BCUT2D eigenvalue weighted by atomic mass is 10.2. The molecular formula is C16H14BrNO2. The van der Waals surface area contributed by atoms with Gasteiger partial charge in [0, 0.05) is 0 Å². The molecule has 20 heavy (non-hydrogen) atoms. The van der Waals surface area contributed by atoms with Gasteiger partial charge in [-0.2, -0.15) is 5.26 Å². The summed E-state index contributed by atoms with van der Waals surface area (Å²) in [7, 11) is 0. The number of hydrogen-bond donors (Lipinski definition) is 0. The first kappa shape index (κ1) is 14.4. The van der Waals surface area contributed by atoms with Crippen molar-refractivity contribution in [1.29, 1.82) is 5.26 Å². The Bertz CT molecular complexity index is 617. The van der Waals surface area contributed by atoms with Gasteiger partial charge in [0.05, 0.1) is 22.7 Å². The number of halogens is 1. The third-order valence-electron chi connectivity index (χ3n) is 2.59. The van der Waals surface area contributed by atoms with E-state index in [2.05, 4.69) is 28.9 Å². The van der Waals surface area contributed by atoms with Gasteiger partial charge in [0.15, 0.2) is 0 Å². The highest BCUT2D eigenvalue weighted by molar-refractivity contribution is 9.10. The zero-order valence-electron chi connectivity index (χ0n) is 11.1. The molecule has 0 saturated heterocycles. The second kappa shape index (κ2) is 6.97. The van der Waals surface area contributed by atoms with Crippen LogP contribution in [0.5, 0.6) is 17.2 Å². The van der Waals surface area contributed by atoms with E-state index in [1.54, 1.807) is 18.2 Å². The van der Waals surface area contributed by atoms with Crippen LogP contribution in [0.1, 0.15) is 18.9 Å². The minimum atomic E-state index is 0.590. The van der Waals surface area contributed by atoms with Crippen LogP contribution in [-0.2, 0) is 0 Å². The molecule has 102 valence electrons. The molecule has 2 aromatic carbocycles. The minimum Gasteiger partial charge on any atom is -0.494 e. The standard InChI is InChI=1S/C16H14BrNO2/c1-2-9-19-13-4-6-14(7-5-13)20-16-8-3-12(11-18)10-15(16)17/h3-8,10H,2,9H2,1H3. The molecule has 0 aliphatic heterocycles. The predicted octanol–water partition coefficient (Wildman–Crippen LogP) is 4.90. The normalized spacial score (nSPS) is 9.85. The molecule has 0 bridgehead atoms. The van der Waals surface area contributed by atoms with E-state index in [-0.39, 0.29) is 0 Å². The molecular weight excluding hydrogens is 318 g/mol. The van der Waals surface area contributed by atoms with Gasteiger partial charge in [0.2, 0.25) is 0 Å². The fourth-order valence-corrected chi connectivity index (χ4v) is 2.06. The lowest BCUT2D eigenvalue weighted by molar-refractivity contribution is 0.317. The fourth-order valence-electron chi connectivity index (χ4n) is 1.60. The maximum atomic E-state index is 8.82. The Hall–Kier alpha value is -1.99. The van der Waals surface area contributed by atoms with Crippen molar-refractivity contribution in [3.05, 3.63) is 52.5 Å². The monoisotopic (exact) mass is 331 g/mol. The molecule has 0 amide bonds. The van der Waals surface area contributed by atoms with E-state index in [9.17, 15) is 0 Å². The Kier molecular flexibility index (Phi) is 5.03. The summed E-state index contributed by atoms with van der Waals surface area (Å²) in [6.45, 7) is 2.78. The average molecular weight is 332 g/mol. The lowest BCUT2D eigenvalue weighted by Crippen LogP contribution is -1.94. The average Bonchev–Trinajstić information content (AvgIpc) is 2.48. The maximum absolute atomic E-state index is 8.82. The van der Waals surface area contributed by atoms with E-state index < -0.39 is 0 Å². The van der Waals surface area contributed by atoms with Gasteiger partial charge in [0.1, 0.15) is 17.2 Å². The summed E-state index contributed by atoms with van der Waals surface area (Å²) < 4.78 is 12.0. The number of rotatable bonds is 5. The molecule has 4 heteroatoms. The van der Waals surface area contributed by atoms with E-state index in [0.717, 1.165) is 22.4 Å². The van der Waals surface area contributed by atoms with Crippen LogP contribution in [0.25, 0.3) is 0 Å². The zero-order valence-corrected chi connectivity index (χ0v) is 12.7. The number of ether oxygens (including phenoxy) is 2. The summed E-state index contributed by atoms with van der Waals surface area (Å²) in [4.78, 5) is 0. The van der Waals surface area contributed by atoms with Crippen molar-refractivity contribution in [2.75, 3.05) is 6.61 Å². The maximum Gasteiger partial charge on any atom is 0.141 e. The highest BCUT2D eigenvalue weighted by Gasteiger charge is 2.04. The summed E-state index contributed by atoms with van der Waals surface area (Å²) in [5.41, 5.74) is 0.590. The lowest BCUT2D eigenvalue weighted by Gasteiger charge is -2.09. The van der Waals surface area contributed by atoms with Crippen molar-refractivity contribution >= 4 is 15.9 Å². The van der Waals surface area contributed by atoms with Crippen LogP contribution in [-0.4, -0.2) is 6.61 Å². The largest absolute Gasteiger partial charge is 0.494 e. The molecule has 0 saturated carbocycles. The Morgan fingerprint density at radius 3 is 2.40 bits per heavy atom. The number of benzene rings is 2. The number of hydrogen-bond acceptors (Lipinski definition) is 3. The first-order valence-electron chi connectivity index (χ1n) is 6.33. The van der Waals surface area contributed by atoms with E-state index in [1.807, 2.05) is 24.3 Å². The van der Waals surface area contributed by atoms with Crippen LogP contribution in [0.4, 0.5) is 0 Å². The second-order valence-corrected chi connectivity index (χ2v) is 5.03. The third-order valence-corrected chi connectivity index (χ3v) is 3.21. The van der Waals surface area contributed by atoms with Crippen LogP contribution < -0.4 is 9.47 Å².